The normalized spacial score (nSPS) is 11.0. The number of carbonyl (C=O) groups is 1. The number of methoxy groups -OCH3 is 1. The minimum Gasteiger partial charge on any atom is -0.465 e. The van der Waals surface area contributed by atoms with Crippen LogP contribution < -0.4 is 4.31 Å². The first-order valence-corrected chi connectivity index (χ1v) is 9.69. The van der Waals surface area contributed by atoms with Gasteiger partial charge in [-0.2, -0.15) is 0 Å². The zero-order valence-electron chi connectivity index (χ0n) is 13.3. The molecule has 2 rings (SSSR count). The van der Waals surface area contributed by atoms with Crippen molar-refractivity contribution >= 4 is 49.2 Å². The Labute approximate surface area is 160 Å². The first kappa shape index (κ1) is 19.5. The fourth-order valence-electron chi connectivity index (χ4n) is 2.13. The van der Waals surface area contributed by atoms with Crippen LogP contribution in [0.4, 0.5) is 5.69 Å². The number of hydrogen-bond donors (Lipinski definition) is 0. The number of ether oxygens (including phenoxy) is 1. The molecule has 0 saturated carbocycles. The number of rotatable bonds is 6. The summed E-state index contributed by atoms with van der Waals surface area (Å²) in [6.45, 7) is 3.64. The number of anilines is 1. The molecule has 0 saturated heterocycles. The largest absolute Gasteiger partial charge is 0.465 e. The summed E-state index contributed by atoms with van der Waals surface area (Å²) in [5.74, 6) is -0.647. The highest BCUT2D eigenvalue weighted by atomic mass is 79.9. The van der Waals surface area contributed by atoms with E-state index in [9.17, 15) is 13.2 Å². The minimum atomic E-state index is -3.85. The Kier molecular flexibility index (Phi) is 6.26. The highest BCUT2D eigenvalue weighted by Crippen LogP contribution is 2.28. The van der Waals surface area contributed by atoms with E-state index < -0.39 is 16.0 Å². The van der Waals surface area contributed by atoms with E-state index >= 15 is 0 Å². The molecule has 25 heavy (non-hydrogen) atoms. The SMILES string of the molecule is C=CCN(c1ccc(Cl)c(C(=O)OC)c1)S(=O)(=O)c1ccc(Br)cc1. The van der Waals surface area contributed by atoms with Crippen molar-refractivity contribution in [2.45, 2.75) is 4.90 Å². The van der Waals surface area contributed by atoms with Crippen molar-refractivity contribution in [2.75, 3.05) is 18.0 Å². The minimum absolute atomic E-state index is 0.0284. The van der Waals surface area contributed by atoms with E-state index in [0.29, 0.717) is 0 Å². The predicted molar refractivity (Wildman–Crippen MR) is 102 cm³/mol. The number of esters is 1. The molecule has 0 bridgehead atoms. The third-order valence-corrected chi connectivity index (χ3v) is 6.01. The summed E-state index contributed by atoms with van der Waals surface area (Å²) >= 11 is 9.28. The standard InChI is InChI=1S/C17H15BrClNO4S/c1-3-10-20(25(22,23)14-7-4-12(18)5-8-14)13-6-9-16(19)15(11-13)17(21)24-2/h3-9,11H,1,10H2,2H3. The molecule has 132 valence electrons. The van der Waals surface area contributed by atoms with Crippen LogP contribution >= 0.6 is 27.5 Å². The Morgan fingerprint density at radius 1 is 1.28 bits per heavy atom. The van der Waals surface area contributed by atoms with Crippen LogP contribution in [0.15, 0.2) is 64.5 Å². The Balaban J connectivity index is 2.56. The molecule has 0 radical (unpaired) electrons. The second-order valence-electron chi connectivity index (χ2n) is 4.93. The molecular weight excluding hydrogens is 430 g/mol. The van der Waals surface area contributed by atoms with Crippen LogP contribution in [0.5, 0.6) is 0 Å². The van der Waals surface area contributed by atoms with Crippen LogP contribution in [0, 0.1) is 0 Å². The van der Waals surface area contributed by atoms with Crippen molar-refractivity contribution in [1.29, 1.82) is 0 Å². The highest BCUT2D eigenvalue weighted by Gasteiger charge is 2.25. The van der Waals surface area contributed by atoms with E-state index in [-0.39, 0.29) is 27.7 Å². The third kappa shape index (κ3) is 4.23. The van der Waals surface area contributed by atoms with Gasteiger partial charge in [-0.1, -0.05) is 33.6 Å². The van der Waals surface area contributed by atoms with Gasteiger partial charge >= 0.3 is 5.97 Å². The van der Waals surface area contributed by atoms with Crippen LogP contribution in [0.2, 0.25) is 5.02 Å². The maximum atomic E-state index is 13.0. The zero-order chi connectivity index (χ0) is 18.6. The average Bonchev–Trinajstić information content (AvgIpc) is 2.60. The molecule has 2 aromatic carbocycles. The first-order valence-electron chi connectivity index (χ1n) is 7.08. The van der Waals surface area contributed by atoms with Crippen molar-refractivity contribution in [3.63, 3.8) is 0 Å². The Bertz CT molecular complexity index is 897. The van der Waals surface area contributed by atoms with Gasteiger partial charge in [0, 0.05) is 4.47 Å². The molecule has 2 aromatic rings. The van der Waals surface area contributed by atoms with Crippen molar-refractivity contribution in [2.24, 2.45) is 0 Å². The topological polar surface area (TPSA) is 63.7 Å². The van der Waals surface area contributed by atoms with Crippen LogP contribution in [-0.4, -0.2) is 28.0 Å². The molecular formula is C17H15BrClNO4S. The number of nitrogens with zero attached hydrogens (tertiary/aromatic N) is 1. The van der Waals surface area contributed by atoms with Gasteiger partial charge in [0.25, 0.3) is 10.0 Å². The van der Waals surface area contributed by atoms with Gasteiger partial charge in [0.1, 0.15) is 0 Å². The van der Waals surface area contributed by atoms with Gasteiger partial charge in [0.2, 0.25) is 0 Å². The van der Waals surface area contributed by atoms with Crippen LogP contribution in [0.25, 0.3) is 0 Å². The zero-order valence-corrected chi connectivity index (χ0v) is 16.4. The summed E-state index contributed by atoms with van der Waals surface area (Å²) in [6.07, 6.45) is 1.46. The maximum Gasteiger partial charge on any atom is 0.339 e. The fraction of sp³-hybridized carbons (Fsp3) is 0.118. The second kappa shape index (κ2) is 8.03. The second-order valence-corrected chi connectivity index (χ2v) is 8.12. The molecule has 0 aromatic heterocycles. The molecule has 5 nitrogen and oxygen atoms in total. The van der Waals surface area contributed by atoms with Crippen molar-refractivity contribution < 1.29 is 17.9 Å². The summed E-state index contributed by atoms with van der Waals surface area (Å²) in [5.41, 5.74) is 0.370. The Morgan fingerprint density at radius 2 is 1.92 bits per heavy atom. The quantitative estimate of drug-likeness (QED) is 0.493. The summed E-state index contributed by atoms with van der Waals surface area (Å²) in [6, 6.07) is 10.6. The lowest BCUT2D eigenvalue weighted by Crippen LogP contribution is -2.31. The molecule has 0 aliphatic rings. The Hall–Kier alpha value is -1.83. The van der Waals surface area contributed by atoms with Gasteiger partial charge in [-0.05, 0) is 42.5 Å². The Morgan fingerprint density at radius 3 is 2.48 bits per heavy atom. The van der Waals surface area contributed by atoms with Gasteiger partial charge in [0.15, 0.2) is 0 Å². The molecule has 0 aliphatic carbocycles. The van der Waals surface area contributed by atoms with E-state index in [4.69, 9.17) is 11.6 Å². The van der Waals surface area contributed by atoms with Crippen molar-refractivity contribution in [3.8, 4) is 0 Å². The molecule has 0 aliphatic heterocycles. The molecule has 0 N–H and O–H groups in total. The van der Waals surface area contributed by atoms with Crippen LogP contribution in [0.1, 0.15) is 10.4 Å². The molecule has 0 unspecified atom stereocenters. The van der Waals surface area contributed by atoms with E-state index in [1.807, 2.05) is 0 Å². The summed E-state index contributed by atoms with van der Waals surface area (Å²) in [4.78, 5) is 11.9. The highest BCUT2D eigenvalue weighted by molar-refractivity contribution is 9.10. The lowest BCUT2D eigenvalue weighted by Gasteiger charge is -2.24. The van der Waals surface area contributed by atoms with E-state index in [1.54, 1.807) is 12.1 Å². The van der Waals surface area contributed by atoms with Crippen LogP contribution in [-0.2, 0) is 14.8 Å². The fourth-order valence-corrected chi connectivity index (χ4v) is 4.01. The summed E-state index contributed by atoms with van der Waals surface area (Å²) < 4.78 is 32.6. The average molecular weight is 445 g/mol. The van der Waals surface area contributed by atoms with Gasteiger partial charge in [-0.25, -0.2) is 13.2 Å². The van der Waals surface area contributed by atoms with E-state index in [2.05, 4.69) is 27.2 Å². The maximum absolute atomic E-state index is 13.0. The molecule has 0 amide bonds. The first-order chi connectivity index (χ1) is 11.8. The summed E-state index contributed by atoms with van der Waals surface area (Å²) in [7, 11) is -2.62. The lowest BCUT2D eigenvalue weighted by atomic mass is 10.2. The molecule has 0 atom stereocenters. The van der Waals surface area contributed by atoms with Gasteiger partial charge in [-0.15, -0.1) is 6.58 Å². The third-order valence-electron chi connectivity index (χ3n) is 3.34. The lowest BCUT2D eigenvalue weighted by molar-refractivity contribution is 0.0601. The number of sulfonamides is 1. The monoisotopic (exact) mass is 443 g/mol. The van der Waals surface area contributed by atoms with Gasteiger partial charge < -0.3 is 4.74 Å². The molecule has 8 heteroatoms. The number of carbonyl (C=O) groups excluding carboxylic acids is 1. The van der Waals surface area contributed by atoms with Gasteiger partial charge in [0.05, 0.1) is 34.8 Å². The van der Waals surface area contributed by atoms with E-state index in [0.717, 1.165) is 8.78 Å². The van der Waals surface area contributed by atoms with E-state index in [1.165, 1.54) is 43.5 Å². The smallest absolute Gasteiger partial charge is 0.339 e. The number of hydrogen-bond acceptors (Lipinski definition) is 4. The molecule has 0 fully saturated rings. The number of halogens is 2. The van der Waals surface area contributed by atoms with Crippen LogP contribution in [0.3, 0.4) is 0 Å². The van der Waals surface area contributed by atoms with Gasteiger partial charge in [-0.3, -0.25) is 4.31 Å². The molecule has 0 spiro atoms. The molecule has 0 heterocycles. The van der Waals surface area contributed by atoms with Crippen molar-refractivity contribution in [3.05, 3.63) is 70.2 Å². The predicted octanol–water partition coefficient (Wildman–Crippen LogP) is 4.27. The number of benzene rings is 2. The summed E-state index contributed by atoms with van der Waals surface area (Å²) in [5, 5.41) is 0.176. The van der Waals surface area contributed by atoms with Crippen molar-refractivity contribution in [1.82, 2.24) is 0 Å².